The molecule has 1 N–H and O–H groups in total. The maximum Gasteiger partial charge on any atom is 0.260 e. The lowest BCUT2D eigenvalue weighted by Crippen LogP contribution is -3.13. The van der Waals surface area contributed by atoms with Crippen molar-refractivity contribution >= 4 is 23.0 Å². The Morgan fingerprint density at radius 2 is 1.81 bits per heavy atom. The fraction of sp³-hybridized carbons (Fsp3) is 0.280. The van der Waals surface area contributed by atoms with Gasteiger partial charge in [0.15, 0.2) is 18.1 Å². The van der Waals surface area contributed by atoms with Gasteiger partial charge in [-0.25, -0.2) is 0 Å². The van der Waals surface area contributed by atoms with Crippen molar-refractivity contribution in [1.29, 1.82) is 0 Å². The lowest BCUT2D eigenvalue weighted by atomic mass is 10.0. The van der Waals surface area contributed by atoms with Crippen LogP contribution in [0.1, 0.15) is 15.9 Å². The van der Waals surface area contributed by atoms with Crippen LogP contribution in [0.25, 0.3) is 10.8 Å². The zero-order valence-electron chi connectivity index (χ0n) is 17.7. The van der Waals surface area contributed by atoms with Crippen molar-refractivity contribution in [2.45, 2.75) is 6.54 Å². The van der Waals surface area contributed by atoms with E-state index in [0.717, 1.165) is 25.9 Å². The molecule has 0 radical (unpaired) electrons. The molecule has 0 spiro atoms. The molecule has 1 heterocycles. The van der Waals surface area contributed by atoms with E-state index in [0.29, 0.717) is 30.2 Å². The summed E-state index contributed by atoms with van der Waals surface area (Å²) in [6, 6.07) is 19.8. The third kappa shape index (κ3) is 4.86. The van der Waals surface area contributed by atoms with Crippen LogP contribution in [0, 0.1) is 0 Å². The van der Waals surface area contributed by atoms with Gasteiger partial charge >= 0.3 is 0 Å². The number of amides is 1. The van der Waals surface area contributed by atoms with Crippen LogP contribution in [-0.2, 0) is 11.3 Å². The van der Waals surface area contributed by atoms with Gasteiger partial charge in [-0.1, -0.05) is 42.5 Å². The van der Waals surface area contributed by atoms with E-state index in [1.54, 1.807) is 18.2 Å². The Bertz CT molecular complexity index is 1070. The van der Waals surface area contributed by atoms with Gasteiger partial charge in [0.1, 0.15) is 12.8 Å². The summed E-state index contributed by atoms with van der Waals surface area (Å²) in [5, 5.41) is 2.57. The smallest absolute Gasteiger partial charge is 0.260 e. The number of benzene rings is 3. The summed E-state index contributed by atoms with van der Waals surface area (Å²) in [7, 11) is 1.51. The van der Waals surface area contributed by atoms with Gasteiger partial charge in [-0.05, 0) is 29.0 Å². The predicted octanol–water partition coefficient (Wildman–Crippen LogP) is 1.97. The third-order valence-electron chi connectivity index (χ3n) is 5.82. The van der Waals surface area contributed by atoms with Gasteiger partial charge in [0.05, 0.1) is 33.3 Å². The number of methoxy groups -OCH3 is 1. The highest BCUT2D eigenvalue weighted by Gasteiger charge is 2.24. The maximum absolute atomic E-state index is 12.6. The van der Waals surface area contributed by atoms with Gasteiger partial charge in [0.2, 0.25) is 0 Å². The number of quaternary nitrogens is 1. The van der Waals surface area contributed by atoms with Gasteiger partial charge in [0, 0.05) is 11.1 Å². The summed E-state index contributed by atoms with van der Waals surface area (Å²) < 4.78 is 10.9. The first-order valence-corrected chi connectivity index (χ1v) is 10.5. The fourth-order valence-corrected chi connectivity index (χ4v) is 4.07. The summed E-state index contributed by atoms with van der Waals surface area (Å²) in [4.78, 5) is 26.9. The van der Waals surface area contributed by atoms with Crippen molar-refractivity contribution < 1.29 is 24.0 Å². The molecule has 1 aliphatic heterocycles. The van der Waals surface area contributed by atoms with Crippen LogP contribution in [0.15, 0.2) is 60.7 Å². The lowest BCUT2D eigenvalue weighted by Gasteiger charge is -2.32. The summed E-state index contributed by atoms with van der Waals surface area (Å²) in [6.07, 6.45) is 0.748. The van der Waals surface area contributed by atoms with Crippen molar-refractivity contribution in [3.05, 3.63) is 71.8 Å². The average molecular weight is 420 g/mol. The predicted molar refractivity (Wildman–Crippen MR) is 119 cm³/mol. The van der Waals surface area contributed by atoms with E-state index in [4.69, 9.17) is 9.47 Å². The minimum atomic E-state index is -0.0462. The van der Waals surface area contributed by atoms with Crippen molar-refractivity contribution in [3.8, 4) is 11.5 Å². The highest BCUT2D eigenvalue weighted by Crippen LogP contribution is 2.27. The van der Waals surface area contributed by atoms with Gasteiger partial charge in [-0.15, -0.1) is 0 Å². The molecule has 3 aromatic rings. The minimum absolute atomic E-state index is 0.0364. The first-order valence-electron chi connectivity index (χ1n) is 10.5. The Morgan fingerprint density at radius 1 is 1.03 bits per heavy atom. The zero-order chi connectivity index (χ0) is 21.6. The van der Waals surface area contributed by atoms with Gasteiger partial charge in [0.25, 0.3) is 5.91 Å². The Kier molecular flexibility index (Phi) is 6.48. The second kappa shape index (κ2) is 9.62. The summed E-state index contributed by atoms with van der Waals surface area (Å²) >= 11 is 0. The number of carbonyl (C=O) groups is 2. The molecule has 1 fully saturated rings. The molecule has 1 aliphatic rings. The molecule has 6 heteroatoms. The number of hydrogen-bond acceptors (Lipinski definition) is 4. The second-order valence-electron chi connectivity index (χ2n) is 7.76. The van der Waals surface area contributed by atoms with E-state index in [-0.39, 0.29) is 12.5 Å². The summed E-state index contributed by atoms with van der Waals surface area (Å²) in [5.41, 5.74) is 1.85. The monoisotopic (exact) mass is 419 g/mol. The van der Waals surface area contributed by atoms with Gasteiger partial charge in [-0.2, -0.15) is 0 Å². The molecule has 0 aromatic heterocycles. The third-order valence-corrected chi connectivity index (χ3v) is 5.82. The first-order chi connectivity index (χ1) is 15.2. The number of nitrogens with one attached hydrogen (secondary N) is 1. The van der Waals surface area contributed by atoms with E-state index in [1.165, 1.54) is 28.3 Å². The van der Waals surface area contributed by atoms with Crippen LogP contribution in [0.3, 0.4) is 0 Å². The highest BCUT2D eigenvalue weighted by atomic mass is 16.5. The second-order valence-corrected chi connectivity index (χ2v) is 7.76. The van der Waals surface area contributed by atoms with Crippen molar-refractivity contribution in [1.82, 2.24) is 4.90 Å². The van der Waals surface area contributed by atoms with Gasteiger partial charge < -0.3 is 19.3 Å². The Balaban J connectivity index is 1.30. The summed E-state index contributed by atoms with van der Waals surface area (Å²) in [5.74, 6) is 0.870. The van der Waals surface area contributed by atoms with Crippen molar-refractivity contribution in [2.75, 3.05) is 39.9 Å². The average Bonchev–Trinajstić information content (AvgIpc) is 2.83. The molecular formula is C25H27N2O4+. The van der Waals surface area contributed by atoms with Crippen LogP contribution >= 0.6 is 0 Å². The molecule has 4 rings (SSSR count). The molecule has 160 valence electrons. The number of piperazine rings is 1. The van der Waals surface area contributed by atoms with Crippen LogP contribution in [0.5, 0.6) is 11.5 Å². The molecule has 1 amide bonds. The van der Waals surface area contributed by atoms with Crippen LogP contribution in [-0.4, -0.2) is 57.0 Å². The lowest BCUT2D eigenvalue weighted by molar-refractivity contribution is -0.917. The largest absolute Gasteiger partial charge is 0.493 e. The Morgan fingerprint density at radius 3 is 2.58 bits per heavy atom. The first kappa shape index (κ1) is 20.9. The zero-order valence-corrected chi connectivity index (χ0v) is 17.7. The molecule has 0 atom stereocenters. The molecular weight excluding hydrogens is 392 g/mol. The molecule has 0 aliphatic carbocycles. The molecule has 0 bridgehead atoms. The van der Waals surface area contributed by atoms with E-state index in [9.17, 15) is 9.59 Å². The fourth-order valence-electron chi connectivity index (χ4n) is 4.07. The standard InChI is InChI=1S/C25H26N2O4/c1-30-24-15-19(17-28)9-10-23(24)31-18-25(29)27-13-11-26(12-14-27)16-21-7-4-6-20-5-2-3-8-22(20)21/h2-10,15,17H,11-14,16,18H2,1H3/p+1. The van der Waals surface area contributed by atoms with Crippen molar-refractivity contribution in [3.63, 3.8) is 0 Å². The van der Waals surface area contributed by atoms with Crippen LogP contribution in [0.2, 0.25) is 0 Å². The van der Waals surface area contributed by atoms with E-state index in [1.807, 2.05) is 4.90 Å². The molecule has 3 aromatic carbocycles. The van der Waals surface area contributed by atoms with E-state index in [2.05, 4.69) is 42.5 Å². The minimum Gasteiger partial charge on any atom is -0.493 e. The van der Waals surface area contributed by atoms with Crippen molar-refractivity contribution in [2.24, 2.45) is 0 Å². The number of ether oxygens (including phenoxy) is 2. The highest BCUT2D eigenvalue weighted by molar-refractivity contribution is 5.85. The summed E-state index contributed by atoms with van der Waals surface area (Å²) in [6.45, 7) is 4.15. The molecule has 6 nitrogen and oxygen atoms in total. The topological polar surface area (TPSA) is 60.3 Å². The quantitative estimate of drug-likeness (QED) is 0.595. The Labute approximate surface area is 182 Å². The number of fused-ring (bicyclic) bond motifs is 1. The van der Waals surface area contributed by atoms with Gasteiger partial charge in [-0.3, -0.25) is 9.59 Å². The number of carbonyl (C=O) groups excluding carboxylic acids is 2. The molecule has 31 heavy (non-hydrogen) atoms. The maximum atomic E-state index is 12.6. The van der Waals surface area contributed by atoms with E-state index >= 15 is 0 Å². The van der Waals surface area contributed by atoms with Crippen LogP contribution in [0.4, 0.5) is 0 Å². The number of aldehydes is 1. The van der Waals surface area contributed by atoms with Crippen LogP contribution < -0.4 is 14.4 Å². The SMILES string of the molecule is COc1cc(C=O)ccc1OCC(=O)N1CC[NH+](Cc2cccc3ccccc23)CC1. The molecule has 0 saturated carbocycles. The normalized spacial score (nSPS) is 14.4. The number of hydrogen-bond donors (Lipinski definition) is 1. The number of nitrogens with zero attached hydrogens (tertiary/aromatic N) is 1. The van der Waals surface area contributed by atoms with E-state index < -0.39 is 0 Å². The molecule has 1 saturated heterocycles. The number of rotatable bonds is 7. The molecule has 0 unspecified atom stereocenters. The Hall–Kier alpha value is -3.38.